The van der Waals surface area contributed by atoms with Crippen LogP contribution < -0.4 is 4.74 Å². The zero-order valence-corrected chi connectivity index (χ0v) is 16.3. The first kappa shape index (κ1) is 18.8. The molecule has 2 aromatic carbocycles. The number of hydrogen-bond acceptors (Lipinski definition) is 5. The second-order valence-corrected chi connectivity index (χ2v) is 6.86. The quantitative estimate of drug-likeness (QED) is 0.412. The van der Waals surface area contributed by atoms with Crippen LogP contribution in [0.5, 0.6) is 5.75 Å². The van der Waals surface area contributed by atoms with Crippen LogP contribution in [-0.2, 0) is 4.74 Å². The van der Waals surface area contributed by atoms with Crippen molar-refractivity contribution in [1.82, 2.24) is 14.8 Å². The molecule has 0 unspecified atom stereocenters. The summed E-state index contributed by atoms with van der Waals surface area (Å²) in [7, 11) is 1.65. The molecule has 0 aliphatic heterocycles. The van der Waals surface area contributed by atoms with Crippen molar-refractivity contribution in [2.45, 2.75) is 12.1 Å². The summed E-state index contributed by atoms with van der Waals surface area (Å²) < 4.78 is 13.0. The number of benzene rings is 2. The topological polar surface area (TPSA) is 49.2 Å². The molecule has 0 aliphatic rings. The van der Waals surface area contributed by atoms with Crippen LogP contribution >= 0.6 is 23.4 Å². The van der Waals surface area contributed by atoms with E-state index in [2.05, 4.69) is 10.2 Å². The highest BCUT2D eigenvalue weighted by Crippen LogP contribution is 2.33. The summed E-state index contributed by atoms with van der Waals surface area (Å²) in [4.78, 5) is 0. The Kier molecular flexibility index (Phi) is 6.55. The summed E-state index contributed by atoms with van der Waals surface area (Å²) in [6.07, 6.45) is 0. The molecular formula is C19H20ClN3O2S. The third-order valence-electron chi connectivity index (χ3n) is 3.73. The Bertz CT molecular complexity index is 852. The van der Waals surface area contributed by atoms with Crippen molar-refractivity contribution in [2.75, 3.05) is 26.1 Å². The van der Waals surface area contributed by atoms with Crippen LogP contribution in [0.15, 0.2) is 53.7 Å². The predicted molar refractivity (Wildman–Crippen MR) is 106 cm³/mol. The van der Waals surface area contributed by atoms with E-state index in [-0.39, 0.29) is 0 Å². The van der Waals surface area contributed by atoms with Crippen LogP contribution in [0.1, 0.15) is 6.92 Å². The molecular weight excluding hydrogens is 370 g/mol. The summed E-state index contributed by atoms with van der Waals surface area (Å²) in [6, 6.07) is 15.4. The first-order chi connectivity index (χ1) is 12.7. The Morgan fingerprint density at radius 2 is 1.85 bits per heavy atom. The van der Waals surface area contributed by atoms with Gasteiger partial charge in [0.05, 0.1) is 19.3 Å². The predicted octanol–water partition coefficient (Wildman–Crippen LogP) is 4.72. The molecule has 0 fully saturated rings. The zero-order chi connectivity index (χ0) is 18.4. The van der Waals surface area contributed by atoms with Crippen LogP contribution in [0.4, 0.5) is 0 Å². The van der Waals surface area contributed by atoms with Crippen LogP contribution in [0.25, 0.3) is 17.1 Å². The van der Waals surface area contributed by atoms with Gasteiger partial charge in [-0.15, -0.1) is 10.2 Å². The summed E-state index contributed by atoms with van der Waals surface area (Å²) in [5.41, 5.74) is 1.83. The fourth-order valence-electron chi connectivity index (χ4n) is 2.53. The molecule has 26 heavy (non-hydrogen) atoms. The molecule has 0 bridgehead atoms. The molecule has 0 atom stereocenters. The highest BCUT2D eigenvalue weighted by molar-refractivity contribution is 7.99. The van der Waals surface area contributed by atoms with Gasteiger partial charge in [-0.05, 0) is 43.3 Å². The molecule has 1 heterocycles. The van der Waals surface area contributed by atoms with Crippen molar-refractivity contribution in [3.05, 3.63) is 53.6 Å². The van der Waals surface area contributed by atoms with Gasteiger partial charge in [-0.25, -0.2) is 0 Å². The van der Waals surface area contributed by atoms with Gasteiger partial charge in [0, 0.05) is 23.1 Å². The van der Waals surface area contributed by atoms with Gasteiger partial charge in [-0.3, -0.25) is 4.57 Å². The highest BCUT2D eigenvalue weighted by atomic mass is 35.5. The fraction of sp³-hybridized carbons (Fsp3) is 0.263. The normalized spacial score (nSPS) is 10.9. The number of para-hydroxylation sites is 1. The van der Waals surface area contributed by atoms with Crippen molar-refractivity contribution in [3.8, 4) is 22.8 Å². The van der Waals surface area contributed by atoms with Gasteiger partial charge in [-0.2, -0.15) is 0 Å². The van der Waals surface area contributed by atoms with Crippen LogP contribution in [0, 0.1) is 0 Å². The van der Waals surface area contributed by atoms with E-state index in [1.807, 2.05) is 60.0 Å². The molecule has 7 heteroatoms. The summed E-state index contributed by atoms with van der Waals surface area (Å²) >= 11 is 7.66. The molecule has 0 saturated carbocycles. The number of thioether (sulfide) groups is 1. The zero-order valence-electron chi connectivity index (χ0n) is 14.7. The molecule has 5 nitrogen and oxygen atoms in total. The molecule has 3 rings (SSSR count). The minimum atomic E-state index is 0.665. The number of aromatic nitrogens is 3. The van der Waals surface area contributed by atoms with Gasteiger partial charge in [0.2, 0.25) is 0 Å². The van der Waals surface area contributed by atoms with E-state index in [1.54, 1.807) is 18.9 Å². The van der Waals surface area contributed by atoms with Crippen molar-refractivity contribution in [2.24, 2.45) is 0 Å². The maximum absolute atomic E-state index is 6.05. The molecule has 0 N–H and O–H groups in total. The smallest absolute Gasteiger partial charge is 0.196 e. The van der Waals surface area contributed by atoms with E-state index in [4.69, 9.17) is 21.1 Å². The first-order valence-electron chi connectivity index (χ1n) is 8.30. The minimum absolute atomic E-state index is 0.665. The molecule has 0 saturated heterocycles. The fourth-order valence-corrected chi connectivity index (χ4v) is 3.46. The van der Waals surface area contributed by atoms with Crippen molar-refractivity contribution >= 4 is 23.4 Å². The Hall–Kier alpha value is -2.02. The molecule has 0 aliphatic carbocycles. The van der Waals surface area contributed by atoms with E-state index in [0.29, 0.717) is 18.2 Å². The Labute approximate surface area is 162 Å². The average molecular weight is 390 g/mol. The lowest BCUT2D eigenvalue weighted by atomic mass is 10.2. The number of rotatable bonds is 8. The van der Waals surface area contributed by atoms with E-state index in [1.165, 1.54) is 0 Å². The summed E-state index contributed by atoms with van der Waals surface area (Å²) in [6.45, 7) is 3.36. The van der Waals surface area contributed by atoms with Crippen molar-refractivity contribution < 1.29 is 9.47 Å². The third kappa shape index (κ3) is 4.20. The number of ether oxygens (including phenoxy) is 2. The van der Waals surface area contributed by atoms with Crippen molar-refractivity contribution in [3.63, 3.8) is 0 Å². The van der Waals surface area contributed by atoms with E-state index < -0.39 is 0 Å². The third-order valence-corrected chi connectivity index (χ3v) is 4.87. The summed E-state index contributed by atoms with van der Waals surface area (Å²) in [5, 5.41) is 10.3. The first-order valence-corrected chi connectivity index (χ1v) is 9.66. The SMILES string of the molecule is CCOCCSc1nnc(-c2ccccc2OC)n1-c1ccc(Cl)cc1. The van der Waals surface area contributed by atoms with Gasteiger partial charge in [-0.1, -0.05) is 35.5 Å². The Morgan fingerprint density at radius 3 is 2.58 bits per heavy atom. The van der Waals surface area contributed by atoms with Crippen LogP contribution in [0.2, 0.25) is 5.02 Å². The lowest BCUT2D eigenvalue weighted by molar-refractivity contribution is 0.164. The molecule has 136 valence electrons. The van der Waals surface area contributed by atoms with E-state index in [0.717, 1.165) is 33.7 Å². The van der Waals surface area contributed by atoms with Gasteiger partial charge >= 0.3 is 0 Å². The van der Waals surface area contributed by atoms with Crippen LogP contribution in [0.3, 0.4) is 0 Å². The minimum Gasteiger partial charge on any atom is -0.496 e. The lowest BCUT2D eigenvalue weighted by Crippen LogP contribution is -2.02. The second-order valence-electron chi connectivity index (χ2n) is 5.36. The summed E-state index contributed by atoms with van der Waals surface area (Å²) in [5.74, 6) is 2.27. The Morgan fingerprint density at radius 1 is 1.08 bits per heavy atom. The lowest BCUT2D eigenvalue weighted by Gasteiger charge is -2.12. The van der Waals surface area contributed by atoms with Gasteiger partial charge in [0.25, 0.3) is 0 Å². The molecule has 3 aromatic rings. The number of nitrogens with zero attached hydrogens (tertiary/aromatic N) is 3. The Balaban J connectivity index is 2.04. The molecule has 1 aromatic heterocycles. The number of methoxy groups -OCH3 is 1. The molecule has 0 radical (unpaired) electrons. The number of hydrogen-bond donors (Lipinski definition) is 0. The highest BCUT2D eigenvalue weighted by Gasteiger charge is 2.18. The van der Waals surface area contributed by atoms with Crippen molar-refractivity contribution in [1.29, 1.82) is 0 Å². The maximum Gasteiger partial charge on any atom is 0.196 e. The second kappa shape index (κ2) is 9.07. The molecule has 0 spiro atoms. The largest absolute Gasteiger partial charge is 0.496 e. The van der Waals surface area contributed by atoms with E-state index in [9.17, 15) is 0 Å². The maximum atomic E-state index is 6.05. The molecule has 0 amide bonds. The van der Waals surface area contributed by atoms with Gasteiger partial charge < -0.3 is 9.47 Å². The monoisotopic (exact) mass is 389 g/mol. The van der Waals surface area contributed by atoms with Gasteiger partial charge in [0.15, 0.2) is 11.0 Å². The van der Waals surface area contributed by atoms with E-state index >= 15 is 0 Å². The standard InChI is InChI=1S/C19H20ClN3O2S/c1-3-25-12-13-26-19-22-21-18(16-6-4-5-7-17(16)24-2)23(19)15-10-8-14(20)9-11-15/h4-11H,3,12-13H2,1-2H3. The van der Waals surface area contributed by atoms with Crippen LogP contribution in [-0.4, -0.2) is 40.8 Å². The number of halogens is 1. The average Bonchev–Trinajstić information content (AvgIpc) is 3.09. The van der Waals surface area contributed by atoms with Gasteiger partial charge in [0.1, 0.15) is 5.75 Å².